The van der Waals surface area contributed by atoms with Crippen molar-refractivity contribution in [1.82, 2.24) is 0 Å². The molecule has 0 aliphatic carbocycles. The molecule has 60 valence electrons. The first-order chi connectivity index (χ1) is 4.77. The molecule has 1 heterocycles. The predicted octanol–water partition coefficient (Wildman–Crippen LogP) is 2.43. The first-order valence-corrected chi connectivity index (χ1v) is 4.52. The third-order valence-electron chi connectivity index (χ3n) is 2.21. The summed E-state index contributed by atoms with van der Waals surface area (Å²) in [6, 6.07) is 0. The fourth-order valence-electron chi connectivity index (χ4n) is 1.60. The third-order valence-corrected chi connectivity index (χ3v) is 2.56. The lowest BCUT2D eigenvalue weighted by Gasteiger charge is -2.11. The number of halogens is 1. The van der Waals surface area contributed by atoms with E-state index in [0.29, 0.717) is 24.0 Å². The Bertz CT molecular complexity index is 105. The largest absolute Gasteiger partial charge is 0.373 e. The normalized spacial score (nSPS) is 40.5. The molecule has 0 aromatic rings. The summed E-state index contributed by atoms with van der Waals surface area (Å²) in [5.41, 5.74) is 0. The lowest BCUT2D eigenvalue weighted by atomic mass is 10.0. The summed E-state index contributed by atoms with van der Waals surface area (Å²) >= 11 is 5.67. The molecule has 0 aromatic heterocycles. The molecule has 1 unspecified atom stereocenters. The van der Waals surface area contributed by atoms with Crippen molar-refractivity contribution in [3.8, 4) is 0 Å². The molecule has 1 saturated heterocycles. The average molecular weight is 163 g/mol. The second-order valence-corrected chi connectivity index (χ2v) is 3.38. The topological polar surface area (TPSA) is 9.23 Å². The van der Waals surface area contributed by atoms with Gasteiger partial charge in [-0.2, -0.15) is 0 Å². The first-order valence-electron chi connectivity index (χ1n) is 3.99. The quantitative estimate of drug-likeness (QED) is 0.567. The summed E-state index contributed by atoms with van der Waals surface area (Å²) in [6.45, 7) is 4.40. The Hall–Kier alpha value is 0.250. The Morgan fingerprint density at radius 1 is 1.60 bits per heavy atom. The van der Waals surface area contributed by atoms with Crippen LogP contribution in [0, 0.1) is 5.92 Å². The number of alkyl halides is 1. The minimum atomic E-state index is 0.321. The van der Waals surface area contributed by atoms with Crippen molar-refractivity contribution >= 4 is 11.6 Å². The summed E-state index contributed by atoms with van der Waals surface area (Å²) in [4.78, 5) is 0. The van der Waals surface area contributed by atoms with E-state index >= 15 is 0 Å². The zero-order valence-electron chi connectivity index (χ0n) is 6.64. The zero-order valence-corrected chi connectivity index (χ0v) is 7.40. The van der Waals surface area contributed by atoms with Crippen LogP contribution in [0.4, 0.5) is 0 Å². The molecule has 0 N–H and O–H groups in total. The highest BCUT2D eigenvalue weighted by molar-refractivity contribution is 6.18. The van der Waals surface area contributed by atoms with Crippen LogP contribution in [0.5, 0.6) is 0 Å². The van der Waals surface area contributed by atoms with Gasteiger partial charge in [-0.1, -0.05) is 13.8 Å². The maximum absolute atomic E-state index is 5.67. The van der Waals surface area contributed by atoms with Crippen LogP contribution in [0.2, 0.25) is 0 Å². The minimum absolute atomic E-state index is 0.321. The van der Waals surface area contributed by atoms with E-state index in [1.54, 1.807) is 0 Å². The van der Waals surface area contributed by atoms with Crippen LogP contribution >= 0.6 is 11.6 Å². The number of ether oxygens (including phenoxy) is 1. The van der Waals surface area contributed by atoms with Crippen molar-refractivity contribution in [2.45, 2.75) is 38.9 Å². The van der Waals surface area contributed by atoms with Crippen molar-refractivity contribution in [1.29, 1.82) is 0 Å². The van der Waals surface area contributed by atoms with E-state index in [1.165, 1.54) is 0 Å². The van der Waals surface area contributed by atoms with E-state index < -0.39 is 0 Å². The highest BCUT2D eigenvalue weighted by Gasteiger charge is 2.29. The van der Waals surface area contributed by atoms with Gasteiger partial charge in [0.15, 0.2) is 0 Å². The summed E-state index contributed by atoms with van der Waals surface area (Å²) in [5.74, 6) is 1.36. The predicted molar refractivity (Wildman–Crippen MR) is 43.5 cm³/mol. The average Bonchev–Trinajstić information content (AvgIpc) is 2.30. The van der Waals surface area contributed by atoms with Gasteiger partial charge < -0.3 is 4.74 Å². The lowest BCUT2D eigenvalue weighted by Crippen LogP contribution is -2.13. The Morgan fingerprint density at radius 2 is 2.30 bits per heavy atom. The molecular formula is C8H15ClO. The molecule has 1 aliphatic heterocycles. The SMILES string of the molecule is CC[C@H]1O[C@@H](CCl)CC1C. The summed E-state index contributed by atoms with van der Waals surface area (Å²) in [6.07, 6.45) is 3.04. The van der Waals surface area contributed by atoms with Gasteiger partial charge in [0.25, 0.3) is 0 Å². The number of hydrogen-bond donors (Lipinski definition) is 0. The van der Waals surface area contributed by atoms with E-state index in [1.807, 2.05) is 0 Å². The van der Waals surface area contributed by atoms with E-state index in [-0.39, 0.29) is 0 Å². The van der Waals surface area contributed by atoms with Gasteiger partial charge in [-0.3, -0.25) is 0 Å². The van der Waals surface area contributed by atoms with Crippen molar-refractivity contribution in [3.63, 3.8) is 0 Å². The van der Waals surface area contributed by atoms with Crippen LogP contribution in [0.25, 0.3) is 0 Å². The minimum Gasteiger partial charge on any atom is -0.373 e. The second kappa shape index (κ2) is 3.59. The Kier molecular flexibility index (Phi) is 2.99. The van der Waals surface area contributed by atoms with Gasteiger partial charge in [0, 0.05) is 5.88 Å². The van der Waals surface area contributed by atoms with Crippen molar-refractivity contribution < 1.29 is 4.74 Å². The van der Waals surface area contributed by atoms with E-state index in [0.717, 1.165) is 12.8 Å². The van der Waals surface area contributed by atoms with Crippen molar-refractivity contribution in [2.75, 3.05) is 5.88 Å². The van der Waals surface area contributed by atoms with E-state index in [2.05, 4.69) is 13.8 Å². The molecule has 0 radical (unpaired) electrons. The van der Waals surface area contributed by atoms with E-state index in [4.69, 9.17) is 16.3 Å². The van der Waals surface area contributed by atoms with Crippen LogP contribution in [-0.2, 0) is 4.74 Å². The van der Waals surface area contributed by atoms with Gasteiger partial charge in [-0.05, 0) is 18.8 Å². The van der Waals surface area contributed by atoms with Gasteiger partial charge in [0.1, 0.15) is 0 Å². The van der Waals surface area contributed by atoms with Gasteiger partial charge in [-0.15, -0.1) is 11.6 Å². The van der Waals surface area contributed by atoms with Crippen LogP contribution in [0.1, 0.15) is 26.7 Å². The molecule has 2 heteroatoms. The smallest absolute Gasteiger partial charge is 0.0717 e. The fourth-order valence-corrected chi connectivity index (χ4v) is 1.80. The van der Waals surface area contributed by atoms with E-state index in [9.17, 15) is 0 Å². The Morgan fingerprint density at radius 3 is 2.60 bits per heavy atom. The maximum atomic E-state index is 5.67. The molecule has 3 atom stereocenters. The van der Waals surface area contributed by atoms with Crippen molar-refractivity contribution in [2.24, 2.45) is 5.92 Å². The van der Waals surface area contributed by atoms with Crippen LogP contribution in [0.15, 0.2) is 0 Å². The lowest BCUT2D eigenvalue weighted by molar-refractivity contribution is 0.0454. The van der Waals surface area contributed by atoms with Crippen molar-refractivity contribution in [3.05, 3.63) is 0 Å². The molecule has 1 fully saturated rings. The van der Waals surface area contributed by atoms with Gasteiger partial charge in [0.05, 0.1) is 12.2 Å². The van der Waals surface area contributed by atoms with Crippen LogP contribution in [0.3, 0.4) is 0 Å². The molecular weight excluding hydrogens is 148 g/mol. The van der Waals surface area contributed by atoms with Gasteiger partial charge in [-0.25, -0.2) is 0 Å². The first kappa shape index (κ1) is 8.35. The summed E-state index contributed by atoms with van der Waals surface area (Å²) in [7, 11) is 0. The highest BCUT2D eigenvalue weighted by atomic mass is 35.5. The molecule has 1 nitrogen and oxygen atoms in total. The Balaban J connectivity index is 2.36. The molecule has 1 aliphatic rings. The molecule has 0 spiro atoms. The number of hydrogen-bond acceptors (Lipinski definition) is 1. The van der Waals surface area contributed by atoms with Crippen LogP contribution in [-0.4, -0.2) is 18.1 Å². The molecule has 10 heavy (non-hydrogen) atoms. The second-order valence-electron chi connectivity index (χ2n) is 3.07. The highest BCUT2D eigenvalue weighted by Crippen LogP contribution is 2.28. The molecule has 0 aromatic carbocycles. The standard InChI is InChI=1S/C8H15ClO/c1-3-8-6(2)4-7(5-9)10-8/h6-8H,3-5H2,1-2H3/t6?,7-,8-/m1/s1. The monoisotopic (exact) mass is 162 g/mol. The Labute approximate surface area is 67.7 Å². The summed E-state index contributed by atoms with van der Waals surface area (Å²) in [5, 5.41) is 0. The van der Waals surface area contributed by atoms with Gasteiger partial charge >= 0.3 is 0 Å². The zero-order chi connectivity index (χ0) is 7.56. The fraction of sp³-hybridized carbons (Fsp3) is 1.00. The third kappa shape index (κ3) is 1.64. The molecule has 1 rings (SSSR count). The molecule has 0 saturated carbocycles. The number of rotatable bonds is 2. The molecule has 0 bridgehead atoms. The maximum Gasteiger partial charge on any atom is 0.0717 e. The van der Waals surface area contributed by atoms with Gasteiger partial charge in [0.2, 0.25) is 0 Å². The summed E-state index contributed by atoms with van der Waals surface area (Å²) < 4.78 is 5.64. The van der Waals surface area contributed by atoms with Crippen LogP contribution < -0.4 is 0 Å². The molecule has 0 amide bonds.